The number of thiophene rings is 1. The molecule has 3 heterocycles. The lowest BCUT2D eigenvalue weighted by Gasteiger charge is -2.07. The van der Waals surface area contributed by atoms with Crippen LogP contribution in [0.4, 0.5) is 0 Å². The van der Waals surface area contributed by atoms with Crippen molar-refractivity contribution in [3.05, 3.63) is 17.5 Å². The Labute approximate surface area is 125 Å². The zero-order valence-electron chi connectivity index (χ0n) is 11.3. The minimum Gasteiger partial charge on any atom is -0.462 e. The van der Waals surface area contributed by atoms with Crippen molar-refractivity contribution < 1.29 is 9.53 Å². The van der Waals surface area contributed by atoms with Crippen LogP contribution in [0.25, 0.3) is 10.7 Å². The van der Waals surface area contributed by atoms with Crippen LogP contribution < -0.4 is 0 Å². The van der Waals surface area contributed by atoms with Gasteiger partial charge in [-0.3, -0.25) is 4.79 Å². The highest BCUT2D eigenvalue weighted by Gasteiger charge is 2.34. The first-order valence-corrected chi connectivity index (χ1v) is 8.29. The maximum absolute atomic E-state index is 11.7. The first-order valence-electron chi connectivity index (χ1n) is 6.53. The third-order valence-corrected chi connectivity index (χ3v) is 5.20. The van der Waals surface area contributed by atoms with Crippen LogP contribution in [0.2, 0.25) is 0 Å². The molecule has 7 heteroatoms. The average molecular weight is 309 g/mol. The van der Waals surface area contributed by atoms with E-state index >= 15 is 0 Å². The topological polar surface area (TPSA) is 57.0 Å². The van der Waals surface area contributed by atoms with Crippen LogP contribution in [0, 0.1) is 0 Å². The standard InChI is InChI=1S/C13H15N3O2S2/c1-3-16-11(9-5-4-6-19-9)14-15-13(16)20-10-7-8(2)18-12(10)17/h4-6,8,10H,3,7H2,1-2H3/t8-,10-/m0/s1. The molecule has 3 rings (SSSR count). The van der Waals surface area contributed by atoms with Crippen molar-refractivity contribution in [2.45, 2.75) is 43.3 Å². The molecule has 1 fully saturated rings. The van der Waals surface area contributed by atoms with E-state index < -0.39 is 0 Å². The van der Waals surface area contributed by atoms with E-state index in [4.69, 9.17) is 4.74 Å². The smallest absolute Gasteiger partial charge is 0.319 e. The second-order valence-electron chi connectivity index (χ2n) is 4.62. The monoisotopic (exact) mass is 309 g/mol. The van der Waals surface area contributed by atoms with Crippen molar-refractivity contribution in [2.24, 2.45) is 0 Å². The van der Waals surface area contributed by atoms with Gasteiger partial charge in [0.2, 0.25) is 0 Å². The molecule has 1 aliphatic heterocycles. The summed E-state index contributed by atoms with van der Waals surface area (Å²) < 4.78 is 7.23. The largest absolute Gasteiger partial charge is 0.462 e. The van der Waals surface area contributed by atoms with Gasteiger partial charge in [-0.15, -0.1) is 21.5 Å². The normalized spacial score (nSPS) is 22.2. The quantitative estimate of drug-likeness (QED) is 0.813. The molecule has 20 heavy (non-hydrogen) atoms. The molecule has 106 valence electrons. The van der Waals surface area contributed by atoms with Crippen molar-refractivity contribution >= 4 is 29.1 Å². The lowest BCUT2D eigenvalue weighted by molar-refractivity contribution is -0.140. The zero-order chi connectivity index (χ0) is 14.1. The lowest BCUT2D eigenvalue weighted by Crippen LogP contribution is -2.11. The average Bonchev–Trinajstić information content (AvgIpc) is 3.11. The highest BCUT2D eigenvalue weighted by molar-refractivity contribution is 8.00. The van der Waals surface area contributed by atoms with Crippen molar-refractivity contribution in [3.63, 3.8) is 0 Å². The molecule has 0 unspecified atom stereocenters. The number of carbonyl (C=O) groups excluding carboxylic acids is 1. The van der Waals surface area contributed by atoms with Gasteiger partial charge in [-0.1, -0.05) is 17.8 Å². The summed E-state index contributed by atoms with van der Waals surface area (Å²) in [6, 6.07) is 4.03. The van der Waals surface area contributed by atoms with Gasteiger partial charge in [0.05, 0.1) is 4.88 Å². The van der Waals surface area contributed by atoms with Crippen molar-refractivity contribution in [1.29, 1.82) is 0 Å². The summed E-state index contributed by atoms with van der Waals surface area (Å²) in [4.78, 5) is 12.8. The predicted molar refractivity (Wildman–Crippen MR) is 78.8 cm³/mol. The van der Waals surface area contributed by atoms with E-state index in [2.05, 4.69) is 17.1 Å². The summed E-state index contributed by atoms with van der Waals surface area (Å²) in [7, 11) is 0. The number of cyclic esters (lactones) is 1. The molecule has 1 aliphatic rings. The first kappa shape index (κ1) is 13.6. The van der Waals surface area contributed by atoms with Gasteiger partial charge in [0.1, 0.15) is 11.4 Å². The first-order chi connectivity index (χ1) is 9.69. The third kappa shape index (κ3) is 2.47. The van der Waals surface area contributed by atoms with Crippen LogP contribution in [0.5, 0.6) is 0 Å². The Morgan fingerprint density at radius 3 is 3.00 bits per heavy atom. The van der Waals surface area contributed by atoms with E-state index in [-0.39, 0.29) is 17.3 Å². The Balaban J connectivity index is 1.86. The summed E-state index contributed by atoms with van der Waals surface area (Å²) >= 11 is 3.09. The molecule has 0 aliphatic carbocycles. The summed E-state index contributed by atoms with van der Waals surface area (Å²) in [5.41, 5.74) is 0. The zero-order valence-corrected chi connectivity index (χ0v) is 12.9. The second kappa shape index (κ2) is 5.57. The number of hydrogen-bond acceptors (Lipinski definition) is 6. The summed E-state index contributed by atoms with van der Waals surface area (Å²) in [5, 5.41) is 11.1. The van der Waals surface area contributed by atoms with E-state index in [0.717, 1.165) is 28.8 Å². The number of hydrogen-bond donors (Lipinski definition) is 0. The maximum atomic E-state index is 11.7. The third-order valence-electron chi connectivity index (χ3n) is 3.15. The summed E-state index contributed by atoms with van der Waals surface area (Å²) in [6.45, 7) is 4.75. The SMILES string of the molecule is CCn1c(S[C@H]2C[C@H](C)OC2=O)nnc1-c1cccs1. The molecule has 2 aromatic heterocycles. The molecule has 0 bridgehead atoms. The Morgan fingerprint density at radius 1 is 1.55 bits per heavy atom. The van der Waals surface area contributed by atoms with Gasteiger partial charge in [-0.25, -0.2) is 0 Å². The number of thioether (sulfide) groups is 1. The van der Waals surface area contributed by atoms with Crippen LogP contribution in [0.3, 0.4) is 0 Å². The molecule has 1 saturated heterocycles. The van der Waals surface area contributed by atoms with Gasteiger partial charge >= 0.3 is 5.97 Å². The van der Waals surface area contributed by atoms with Gasteiger partial charge in [0, 0.05) is 13.0 Å². The molecular weight excluding hydrogens is 294 g/mol. The molecule has 0 N–H and O–H groups in total. The molecule has 0 aromatic carbocycles. The van der Waals surface area contributed by atoms with Crippen LogP contribution >= 0.6 is 23.1 Å². The molecule has 2 atom stereocenters. The summed E-state index contributed by atoms with van der Waals surface area (Å²) in [6.07, 6.45) is 0.726. The number of aromatic nitrogens is 3. The van der Waals surface area contributed by atoms with E-state index in [1.54, 1.807) is 11.3 Å². The number of rotatable bonds is 4. The van der Waals surface area contributed by atoms with Crippen LogP contribution in [-0.4, -0.2) is 32.1 Å². The molecule has 0 saturated carbocycles. The number of carbonyl (C=O) groups is 1. The van der Waals surface area contributed by atoms with Crippen molar-refractivity contribution in [2.75, 3.05) is 0 Å². The Morgan fingerprint density at radius 2 is 2.40 bits per heavy atom. The molecule has 2 aromatic rings. The van der Waals surface area contributed by atoms with E-state index in [1.807, 2.05) is 29.0 Å². The van der Waals surface area contributed by atoms with E-state index in [0.29, 0.717) is 0 Å². The minimum atomic E-state index is -0.171. The van der Waals surface area contributed by atoms with Gasteiger partial charge in [0.25, 0.3) is 0 Å². The predicted octanol–water partition coefficient (Wildman–Crippen LogP) is 2.82. The number of nitrogens with zero attached hydrogens (tertiary/aromatic N) is 3. The van der Waals surface area contributed by atoms with Crippen molar-refractivity contribution in [3.8, 4) is 10.7 Å². The number of esters is 1. The highest BCUT2D eigenvalue weighted by Crippen LogP contribution is 2.33. The fraction of sp³-hybridized carbons (Fsp3) is 0.462. The van der Waals surface area contributed by atoms with Crippen LogP contribution in [-0.2, 0) is 16.1 Å². The van der Waals surface area contributed by atoms with Gasteiger partial charge < -0.3 is 9.30 Å². The molecular formula is C13H15N3O2S2. The number of ether oxygens (including phenoxy) is 1. The van der Waals surface area contributed by atoms with E-state index in [9.17, 15) is 4.79 Å². The Bertz CT molecular complexity index is 609. The molecule has 5 nitrogen and oxygen atoms in total. The molecule has 0 radical (unpaired) electrons. The fourth-order valence-corrected chi connectivity index (χ4v) is 4.11. The lowest BCUT2D eigenvalue weighted by atomic mass is 10.3. The molecule has 0 amide bonds. The van der Waals surface area contributed by atoms with E-state index in [1.165, 1.54) is 11.8 Å². The van der Waals surface area contributed by atoms with Gasteiger partial charge in [-0.05, 0) is 25.3 Å². The van der Waals surface area contributed by atoms with Gasteiger partial charge in [-0.2, -0.15) is 0 Å². The van der Waals surface area contributed by atoms with Crippen LogP contribution in [0.15, 0.2) is 22.7 Å². The minimum absolute atomic E-state index is 0.00485. The summed E-state index contributed by atoms with van der Waals surface area (Å²) in [5.74, 6) is 0.718. The Hall–Kier alpha value is -1.34. The highest BCUT2D eigenvalue weighted by atomic mass is 32.2. The molecule has 0 spiro atoms. The Kier molecular flexibility index (Phi) is 3.80. The maximum Gasteiger partial charge on any atom is 0.319 e. The van der Waals surface area contributed by atoms with Crippen LogP contribution in [0.1, 0.15) is 20.3 Å². The van der Waals surface area contributed by atoms with Crippen molar-refractivity contribution in [1.82, 2.24) is 14.8 Å². The second-order valence-corrected chi connectivity index (χ2v) is 6.74. The fourth-order valence-electron chi connectivity index (χ4n) is 2.19. The van der Waals surface area contributed by atoms with Gasteiger partial charge in [0.15, 0.2) is 11.0 Å².